The van der Waals surface area contributed by atoms with Crippen molar-refractivity contribution in [1.82, 2.24) is 0 Å². The number of hydrogen-bond donors (Lipinski definition) is 2. The fourth-order valence-corrected chi connectivity index (χ4v) is 1.55. The lowest BCUT2D eigenvalue weighted by Gasteiger charge is -2.11. The van der Waals surface area contributed by atoms with Crippen molar-refractivity contribution in [2.75, 3.05) is 6.61 Å². The molecule has 0 aliphatic carbocycles. The van der Waals surface area contributed by atoms with Gasteiger partial charge in [0.05, 0.1) is 12.7 Å². The van der Waals surface area contributed by atoms with Gasteiger partial charge >= 0.3 is 7.82 Å². The molecule has 0 bridgehead atoms. The van der Waals surface area contributed by atoms with Crippen molar-refractivity contribution in [3.05, 3.63) is 0 Å². The van der Waals surface area contributed by atoms with Crippen LogP contribution in [0.2, 0.25) is 0 Å². The Morgan fingerprint density at radius 3 is 2.67 bits per heavy atom. The summed E-state index contributed by atoms with van der Waals surface area (Å²) in [6.45, 7) is -0.0192. The molecule has 2 N–H and O–H groups in total. The van der Waals surface area contributed by atoms with Crippen molar-refractivity contribution in [2.24, 2.45) is 0 Å². The van der Waals surface area contributed by atoms with Crippen LogP contribution in [0.5, 0.6) is 0 Å². The first kappa shape index (κ1) is 10.2. The Balaban J connectivity index is 2.21. The van der Waals surface area contributed by atoms with Gasteiger partial charge in [-0.15, -0.1) is 0 Å². The first-order valence-electron chi connectivity index (χ1n) is 3.83. The molecule has 1 fully saturated rings. The standard InChI is InChI=1S/C5H12BO5P/c6-5-2-1-4(11-5)3-10-12(7,8)9/h4-5H,1-3,6H2,(H2,7,8,9). The summed E-state index contributed by atoms with van der Waals surface area (Å²) in [7, 11) is -2.39. The van der Waals surface area contributed by atoms with Crippen molar-refractivity contribution in [1.29, 1.82) is 0 Å². The molecular weight excluding hydrogens is 182 g/mol. The van der Waals surface area contributed by atoms with Gasteiger partial charge in [0, 0.05) is 6.00 Å². The summed E-state index contributed by atoms with van der Waals surface area (Å²) < 4.78 is 19.9. The van der Waals surface area contributed by atoms with E-state index >= 15 is 0 Å². The number of phosphoric acid groups is 1. The molecule has 0 aromatic heterocycles. The Labute approximate surface area is 71.7 Å². The van der Waals surface area contributed by atoms with Crippen LogP contribution in [0, 0.1) is 0 Å². The molecule has 1 saturated heterocycles. The summed E-state index contributed by atoms with van der Waals surface area (Å²) in [5.74, 6) is 0. The second-order valence-electron chi connectivity index (χ2n) is 2.93. The van der Waals surface area contributed by atoms with E-state index in [1.54, 1.807) is 0 Å². The third-order valence-corrected chi connectivity index (χ3v) is 2.23. The average molecular weight is 194 g/mol. The molecule has 1 aliphatic rings. The summed E-state index contributed by atoms with van der Waals surface area (Å²) in [6, 6.07) is 0.176. The van der Waals surface area contributed by atoms with E-state index in [1.807, 2.05) is 7.85 Å². The fraction of sp³-hybridized carbons (Fsp3) is 1.00. The van der Waals surface area contributed by atoms with E-state index in [9.17, 15) is 4.57 Å². The van der Waals surface area contributed by atoms with Gasteiger partial charge in [-0.2, -0.15) is 0 Å². The highest BCUT2D eigenvalue weighted by atomic mass is 31.2. The first-order valence-corrected chi connectivity index (χ1v) is 5.36. The predicted octanol–water partition coefficient (Wildman–Crippen LogP) is -0.766. The van der Waals surface area contributed by atoms with Gasteiger partial charge in [0.15, 0.2) is 0 Å². The quantitative estimate of drug-likeness (QED) is 0.455. The molecule has 70 valence electrons. The van der Waals surface area contributed by atoms with E-state index in [4.69, 9.17) is 14.5 Å². The van der Waals surface area contributed by atoms with Gasteiger partial charge in [-0.25, -0.2) is 4.57 Å². The van der Waals surface area contributed by atoms with E-state index in [0.29, 0.717) is 0 Å². The average Bonchev–Trinajstić information content (AvgIpc) is 2.30. The minimum Gasteiger partial charge on any atom is -0.382 e. The maximum absolute atomic E-state index is 10.3. The van der Waals surface area contributed by atoms with Crippen LogP contribution in [0.15, 0.2) is 0 Å². The highest BCUT2D eigenvalue weighted by molar-refractivity contribution is 7.46. The maximum Gasteiger partial charge on any atom is 0.469 e. The molecule has 0 amide bonds. The van der Waals surface area contributed by atoms with Gasteiger partial charge in [-0.3, -0.25) is 4.52 Å². The molecule has 2 unspecified atom stereocenters. The summed E-state index contributed by atoms with van der Waals surface area (Å²) in [6.07, 6.45) is 1.57. The topological polar surface area (TPSA) is 76.0 Å². The molecule has 1 aliphatic heterocycles. The van der Waals surface area contributed by atoms with Gasteiger partial charge < -0.3 is 14.5 Å². The lowest BCUT2D eigenvalue weighted by atomic mass is 9.97. The molecule has 12 heavy (non-hydrogen) atoms. The van der Waals surface area contributed by atoms with Gasteiger partial charge in [-0.05, 0) is 12.8 Å². The van der Waals surface area contributed by atoms with E-state index in [1.165, 1.54) is 0 Å². The summed E-state index contributed by atoms with van der Waals surface area (Å²) in [5.41, 5.74) is 0. The lowest BCUT2D eigenvalue weighted by Crippen LogP contribution is -2.16. The van der Waals surface area contributed by atoms with E-state index in [2.05, 4.69) is 4.52 Å². The van der Waals surface area contributed by atoms with Gasteiger partial charge in [0.2, 0.25) is 0 Å². The van der Waals surface area contributed by atoms with Crippen LogP contribution in [0.25, 0.3) is 0 Å². The largest absolute Gasteiger partial charge is 0.469 e. The normalized spacial score (nSPS) is 30.8. The zero-order valence-corrected chi connectivity index (χ0v) is 7.74. The zero-order valence-electron chi connectivity index (χ0n) is 6.84. The van der Waals surface area contributed by atoms with Crippen molar-refractivity contribution < 1.29 is 23.6 Å². The molecule has 0 aromatic carbocycles. The molecule has 2 atom stereocenters. The zero-order chi connectivity index (χ0) is 9.19. The molecule has 1 rings (SSSR count). The molecule has 5 nitrogen and oxygen atoms in total. The van der Waals surface area contributed by atoms with Gasteiger partial charge in [-0.1, -0.05) is 0 Å². The fourth-order valence-electron chi connectivity index (χ4n) is 1.19. The predicted molar refractivity (Wildman–Crippen MR) is 44.4 cm³/mol. The van der Waals surface area contributed by atoms with Crippen LogP contribution in [0.3, 0.4) is 0 Å². The van der Waals surface area contributed by atoms with Crippen LogP contribution in [-0.4, -0.2) is 36.3 Å². The van der Waals surface area contributed by atoms with Crippen LogP contribution < -0.4 is 0 Å². The molecule has 0 saturated carbocycles. The third-order valence-electron chi connectivity index (χ3n) is 1.75. The second-order valence-corrected chi connectivity index (χ2v) is 4.17. The van der Waals surface area contributed by atoms with Crippen molar-refractivity contribution in [3.8, 4) is 0 Å². The number of rotatable bonds is 3. The van der Waals surface area contributed by atoms with E-state index in [-0.39, 0.29) is 18.7 Å². The Bertz CT molecular complexity index is 192. The highest BCUT2D eigenvalue weighted by Crippen LogP contribution is 2.36. The third kappa shape index (κ3) is 3.69. The second kappa shape index (κ2) is 3.90. The summed E-state index contributed by atoms with van der Waals surface area (Å²) in [5, 5.41) is 0. The summed E-state index contributed by atoms with van der Waals surface area (Å²) in [4.78, 5) is 16.8. The Hall–Kier alpha value is 0.135. The molecule has 0 spiro atoms. The SMILES string of the molecule is BC1CCC(COP(=O)(O)O)O1. The van der Waals surface area contributed by atoms with E-state index in [0.717, 1.165) is 12.8 Å². The van der Waals surface area contributed by atoms with Gasteiger partial charge in [0.1, 0.15) is 7.85 Å². The number of hydrogen-bond acceptors (Lipinski definition) is 3. The van der Waals surface area contributed by atoms with E-state index < -0.39 is 7.82 Å². The summed E-state index contributed by atoms with van der Waals surface area (Å²) >= 11 is 0. The monoisotopic (exact) mass is 194 g/mol. The van der Waals surface area contributed by atoms with Crippen molar-refractivity contribution in [3.63, 3.8) is 0 Å². The minimum atomic E-state index is -4.32. The number of phosphoric ester groups is 1. The van der Waals surface area contributed by atoms with Crippen LogP contribution in [-0.2, 0) is 13.8 Å². The van der Waals surface area contributed by atoms with Crippen LogP contribution in [0.4, 0.5) is 0 Å². The lowest BCUT2D eigenvalue weighted by molar-refractivity contribution is 0.0403. The van der Waals surface area contributed by atoms with Crippen molar-refractivity contribution >= 4 is 15.7 Å². The Morgan fingerprint density at radius 2 is 2.25 bits per heavy atom. The molecule has 1 heterocycles. The number of ether oxygens (including phenoxy) is 1. The maximum atomic E-state index is 10.3. The highest BCUT2D eigenvalue weighted by Gasteiger charge is 2.24. The minimum absolute atomic E-state index is 0.0192. The Kier molecular flexibility index (Phi) is 3.32. The van der Waals surface area contributed by atoms with Crippen LogP contribution >= 0.6 is 7.82 Å². The smallest absolute Gasteiger partial charge is 0.382 e. The Morgan fingerprint density at radius 1 is 1.58 bits per heavy atom. The molecule has 0 radical (unpaired) electrons. The molecular formula is C5H12BO5P. The molecule has 7 heteroatoms. The van der Waals surface area contributed by atoms with Crippen LogP contribution in [0.1, 0.15) is 12.8 Å². The molecule has 0 aromatic rings. The first-order chi connectivity index (χ1) is 5.47. The van der Waals surface area contributed by atoms with Crippen molar-refractivity contribution in [2.45, 2.75) is 24.9 Å². The van der Waals surface area contributed by atoms with Gasteiger partial charge in [0.25, 0.3) is 0 Å².